The number of aromatic nitrogens is 3. The largest absolute Gasteiger partial charge is 0.495 e. The third-order valence-corrected chi connectivity index (χ3v) is 5.80. The summed E-state index contributed by atoms with van der Waals surface area (Å²) in [4.78, 5) is 20.9. The fourth-order valence-corrected chi connectivity index (χ4v) is 4.01. The van der Waals surface area contributed by atoms with E-state index in [2.05, 4.69) is 38.1 Å². The summed E-state index contributed by atoms with van der Waals surface area (Å²) >= 11 is 6.32. The van der Waals surface area contributed by atoms with Gasteiger partial charge in [0.1, 0.15) is 17.3 Å². The highest BCUT2D eigenvalue weighted by atomic mass is 35.5. The van der Waals surface area contributed by atoms with Gasteiger partial charge in [-0.25, -0.2) is 4.98 Å². The topological polar surface area (TPSA) is 117 Å². The van der Waals surface area contributed by atoms with Crippen LogP contribution in [-0.4, -0.2) is 47.2 Å². The summed E-state index contributed by atoms with van der Waals surface area (Å²) < 4.78 is 7.25. The minimum Gasteiger partial charge on any atom is -0.495 e. The fraction of sp³-hybridized carbons (Fsp3) is 0.304. The van der Waals surface area contributed by atoms with Crippen LogP contribution in [0.1, 0.15) is 34.7 Å². The van der Waals surface area contributed by atoms with Crippen LogP contribution in [0.15, 0.2) is 42.9 Å². The Morgan fingerprint density at radius 2 is 2.18 bits per heavy atom. The van der Waals surface area contributed by atoms with E-state index in [0.717, 1.165) is 31.6 Å². The quantitative estimate of drug-likeness (QED) is 0.458. The molecule has 3 heterocycles. The summed E-state index contributed by atoms with van der Waals surface area (Å²) in [6.45, 7) is 1.98. The van der Waals surface area contributed by atoms with Gasteiger partial charge in [-0.3, -0.25) is 4.79 Å². The van der Waals surface area contributed by atoms with Crippen LogP contribution in [0.4, 0.5) is 11.6 Å². The molecule has 33 heavy (non-hydrogen) atoms. The Labute approximate surface area is 196 Å². The molecule has 9 nitrogen and oxygen atoms in total. The molecule has 0 saturated carbocycles. The molecule has 0 spiro atoms. The van der Waals surface area contributed by atoms with E-state index in [9.17, 15) is 4.79 Å². The van der Waals surface area contributed by atoms with Crippen LogP contribution in [0.3, 0.4) is 0 Å². The van der Waals surface area contributed by atoms with Crippen LogP contribution in [0, 0.1) is 11.3 Å². The number of amides is 1. The highest BCUT2D eigenvalue weighted by Crippen LogP contribution is 2.34. The number of hydrogen-bond donors (Lipinski definition) is 3. The van der Waals surface area contributed by atoms with E-state index in [1.54, 1.807) is 30.1 Å². The normalized spacial score (nSPS) is 13.8. The molecule has 10 heteroatoms. The molecule has 2 aromatic heterocycles. The van der Waals surface area contributed by atoms with Crippen molar-refractivity contribution >= 4 is 29.1 Å². The number of carbonyl (C=O) groups excluding carboxylic acids is 1. The lowest BCUT2D eigenvalue weighted by Gasteiger charge is -2.24. The van der Waals surface area contributed by atoms with Crippen LogP contribution < -0.4 is 20.7 Å². The second-order valence-corrected chi connectivity index (χ2v) is 8.03. The summed E-state index contributed by atoms with van der Waals surface area (Å²) in [5.41, 5.74) is 2.39. The molecule has 3 N–H and O–H groups in total. The van der Waals surface area contributed by atoms with Crippen molar-refractivity contribution in [2.24, 2.45) is 0 Å². The third-order valence-electron chi connectivity index (χ3n) is 5.54. The molecular formula is C23H24ClN7O2. The Morgan fingerprint density at radius 3 is 2.94 bits per heavy atom. The number of halogens is 1. The zero-order valence-corrected chi connectivity index (χ0v) is 18.9. The molecule has 4 rings (SSSR count). The lowest BCUT2D eigenvalue weighted by Crippen LogP contribution is -2.26. The molecule has 1 saturated heterocycles. The van der Waals surface area contributed by atoms with E-state index < -0.39 is 0 Å². The number of rotatable bonds is 7. The van der Waals surface area contributed by atoms with Gasteiger partial charge in [0.25, 0.3) is 5.91 Å². The second-order valence-electron chi connectivity index (χ2n) is 7.62. The van der Waals surface area contributed by atoms with Crippen molar-refractivity contribution in [3.8, 4) is 17.6 Å². The van der Waals surface area contributed by atoms with Gasteiger partial charge in [-0.2, -0.15) is 10.2 Å². The number of nitrogens with one attached hydrogen (secondary N) is 3. The van der Waals surface area contributed by atoms with E-state index in [0.29, 0.717) is 34.0 Å². The van der Waals surface area contributed by atoms with Crippen molar-refractivity contribution in [3.05, 3.63) is 59.0 Å². The van der Waals surface area contributed by atoms with E-state index in [-0.39, 0.29) is 12.5 Å². The Balaban J connectivity index is 1.55. The van der Waals surface area contributed by atoms with E-state index in [4.69, 9.17) is 21.6 Å². The van der Waals surface area contributed by atoms with Gasteiger partial charge in [0.05, 0.1) is 30.6 Å². The maximum atomic E-state index is 12.1. The molecule has 0 bridgehead atoms. The molecule has 0 aliphatic carbocycles. The van der Waals surface area contributed by atoms with E-state index in [1.165, 1.54) is 11.8 Å². The van der Waals surface area contributed by atoms with Gasteiger partial charge in [-0.1, -0.05) is 17.7 Å². The van der Waals surface area contributed by atoms with Crippen LogP contribution in [0.5, 0.6) is 5.75 Å². The number of hydrogen-bond acceptors (Lipinski definition) is 7. The first-order valence-corrected chi connectivity index (χ1v) is 11.0. The lowest BCUT2D eigenvalue weighted by molar-refractivity contribution is 0.0958. The molecular weight excluding hydrogens is 442 g/mol. The number of nitriles is 1. The average molecular weight is 466 g/mol. The van der Waals surface area contributed by atoms with Crippen molar-refractivity contribution < 1.29 is 9.53 Å². The van der Waals surface area contributed by atoms with Crippen molar-refractivity contribution in [1.82, 2.24) is 25.2 Å². The number of carbonyl (C=O) groups is 1. The number of piperidine rings is 1. The minimum atomic E-state index is -0.350. The first-order valence-electron chi connectivity index (χ1n) is 10.6. The minimum absolute atomic E-state index is 0.0649. The van der Waals surface area contributed by atoms with Gasteiger partial charge in [-0.05, 0) is 55.6 Å². The molecule has 1 aliphatic heterocycles. The smallest absolute Gasteiger partial charge is 0.253 e. The van der Waals surface area contributed by atoms with Gasteiger partial charge in [-0.15, -0.1) is 0 Å². The van der Waals surface area contributed by atoms with Crippen molar-refractivity contribution in [3.63, 3.8) is 0 Å². The molecule has 1 fully saturated rings. The maximum Gasteiger partial charge on any atom is 0.253 e. The SMILES string of the molecule is COc1cc(C2CCNCC2)ccc1Nc1ncc(Cl)c(-n2ccc(C(=O)NCC#N)c2)n1. The number of ether oxygens (including phenoxy) is 1. The predicted octanol–water partition coefficient (Wildman–Crippen LogP) is 3.39. The first-order chi connectivity index (χ1) is 16.1. The van der Waals surface area contributed by atoms with Crippen LogP contribution in [0.25, 0.3) is 5.82 Å². The highest BCUT2D eigenvalue weighted by Gasteiger charge is 2.18. The second kappa shape index (κ2) is 10.3. The Bertz CT molecular complexity index is 1180. The fourth-order valence-electron chi connectivity index (χ4n) is 3.82. The lowest BCUT2D eigenvalue weighted by atomic mass is 9.90. The van der Waals surface area contributed by atoms with Gasteiger partial charge in [0, 0.05) is 12.4 Å². The molecule has 170 valence electrons. The molecule has 0 atom stereocenters. The van der Waals surface area contributed by atoms with Crippen molar-refractivity contribution in [2.45, 2.75) is 18.8 Å². The van der Waals surface area contributed by atoms with E-state index in [1.807, 2.05) is 12.1 Å². The van der Waals surface area contributed by atoms with Crippen LogP contribution >= 0.6 is 11.6 Å². The third kappa shape index (κ3) is 5.25. The van der Waals surface area contributed by atoms with E-state index >= 15 is 0 Å². The van der Waals surface area contributed by atoms with Crippen LogP contribution in [0.2, 0.25) is 5.02 Å². The Morgan fingerprint density at radius 1 is 1.36 bits per heavy atom. The number of methoxy groups -OCH3 is 1. The number of nitrogens with zero attached hydrogens (tertiary/aromatic N) is 4. The molecule has 1 aliphatic rings. The van der Waals surface area contributed by atoms with Gasteiger partial charge >= 0.3 is 0 Å². The number of anilines is 2. The summed E-state index contributed by atoms with van der Waals surface area (Å²) in [6.07, 6.45) is 6.98. The summed E-state index contributed by atoms with van der Waals surface area (Å²) in [5.74, 6) is 1.63. The summed E-state index contributed by atoms with van der Waals surface area (Å²) in [5, 5.41) is 18.1. The first kappa shape index (κ1) is 22.6. The molecule has 0 radical (unpaired) electrons. The van der Waals surface area contributed by atoms with Gasteiger partial charge < -0.3 is 25.3 Å². The monoisotopic (exact) mass is 465 g/mol. The maximum absolute atomic E-state index is 12.1. The van der Waals surface area contributed by atoms with Crippen molar-refractivity contribution in [2.75, 3.05) is 32.1 Å². The van der Waals surface area contributed by atoms with Crippen LogP contribution in [-0.2, 0) is 0 Å². The Hall–Kier alpha value is -3.61. The molecule has 1 amide bonds. The average Bonchev–Trinajstić information content (AvgIpc) is 3.34. The van der Waals surface area contributed by atoms with Gasteiger partial charge in [0.15, 0.2) is 5.82 Å². The highest BCUT2D eigenvalue weighted by molar-refractivity contribution is 6.32. The summed E-state index contributed by atoms with van der Waals surface area (Å²) in [7, 11) is 1.64. The Kier molecular flexibility index (Phi) is 7.07. The van der Waals surface area contributed by atoms with Crippen molar-refractivity contribution in [1.29, 1.82) is 5.26 Å². The predicted molar refractivity (Wildman–Crippen MR) is 125 cm³/mol. The molecule has 3 aromatic rings. The molecule has 0 unspecified atom stereocenters. The standard InChI is InChI=1S/C23H24ClN7O2/c1-33-20-12-16(15-4-8-26-9-5-15)2-3-19(20)29-23-28-13-18(24)21(30-23)31-11-6-17(14-31)22(32)27-10-7-25/h2-3,6,11-15,26H,4-5,8-10H2,1H3,(H,27,32)(H,28,29,30). The molecule has 1 aromatic carbocycles. The summed E-state index contributed by atoms with van der Waals surface area (Å²) in [6, 6.07) is 9.64. The zero-order valence-electron chi connectivity index (χ0n) is 18.1. The zero-order chi connectivity index (χ0) is 23.2. The number of benzene rings is 1. The van der Waals surface area contributed by atoms with Gasteiger partial charge in [0.2, 0.25) is 5.95 Å².